The van der Waals surface area contributed by atoms with Gasteiger partial charge in [0.25, 0.3) is 10.0 Å². The number of nitrogens with one attached hydrogen (secondary N) is 2. The lowest BCUT2D eigenvalue weighted by molar-refractivity contribution is 0.314. The van der Waals surface area contributed by atoms with Gasteiger partial charge in [0.1, 0.15) is 5.75 Å². The number of halogens is 1. The topological polar surface area (TPSA) is 106 Å². The van der Waals surface area contributed by atoms with Crippen LogP contribution in [0.3, 0.4) is 0 Å². The van der Waals surface area contributed by atoms with E-state index in [0.717, 1.165) is 0 Å². The Kier molecular flexibility index (Phi) is 4.53. The Morgan fingerprint density at radius 3 is 2.81 bits per heavy atom. The summed E-state index contributed by atoms with van der Waals surface area (Å²) in [4.78, 5) is 3.80. The van der Waals surface area contributed by atoms with Crippen LogP contribution in [0.1, 0.15) is 6.92 Å². The third kappa shape index (κ3) is 3.56. The highest BCUT2D eigenvalue weighted by atomic mass is 35.5. The zero-order valence-corrected chi connectivity index (χ0v) is 12.8. The highest BCUT2D eigenvalue weighted by Gasteiger charge is 2.18. The molecule has 2 N–H and O–H groups in total. The molecule has 21 heavy (non-hydrogen) atoms. The Morgan fingerprint density at radius 1 is 1.43 bits per heavy atom. The van der Waals surface area contributed by atoms with Crippen molar-refractivity contribution in [3.63, 3.8) is 0 Å². The van der Waals surface area contributed by atoms with Crippen molar-refractivity contribution < 1.29 is 17.9 Å². The molecule has 0 amide bonds. The second-order valence-electron chi connectivity index (χ2n) is 3.80. The van der Waals surface area contributed by atoms with E-state index in [2.05, 4.69) is 19.9 Å². The minimum absolute atomic E-state index is 0.0253. The van der Waals surface area contributed by atoms with Gasteiger partial charge in [0.05, 0.1) is 23.6 Å². The maximum atomic E-state index is 12.2. The summed E-state index contributed by atoms with van der Waals surface area (Å²) in [6.45, 7) is 2.14. The zero-order valence-electron chi connectivity index (χ0n) is 11.3. The normalized spacial score (nSPS) is 11.2. The predicted molar refractivity (Wildman–Crippen MR) is 76.4 cm³/mol. The molecule has 1 heterocycles. The van der Waals surface area contributed by atoms with E-state index in [-0.39, 0.29) is 21.9 Å². The van der Waals surface area contributed by atoms with E-state index in [0.29, 0.717) is 12.4 Å². The fraction of sp³-hybridized carbons (Fsp3) is 0.273. The van der Waals surface area contributed by atoms with Crippen LogP contribution in [0, 0.1) is 0 Å². The second-order valence-corrected chi connectivity index (χ2v) is 5.89. The van der Waals surface area contributed by atoms with E-state index in [1.54, 1.807) is 6.92 Å². The molecule has 0 saturated carbocycles. The number of sulfonamides is 1. The van der Waals surface area contributed by atoms with Crippen LogP contribution in [0.25, 0.3) is 0 Å². The highest BCUT2D eigenvalue weighted by molar-refractivity contribution is 7.92. The van der Waals surface area contributed by atoms with E-state index in [4.69, 9.17) is 21.1 Å². The number of aromatic nitrogens is 3. The highest BCUT2D eigenvalue weighted by Crippen LogP contribution is 2.27. The van der Waals surface area contributed by atoms with Crippen molar-refractivity contribution >= 4 is 27.6 Å². The van der Waals surface area contributed by atoms with Gasteiger partial charge in [-0.25, -0.2) is 18.2 Å². The Morgan fingerprint density at radius 2 is 2.19 bits per heavy atom. The summed E-state index contributed by atoms with van der Waals surface area (Å²) in [6.07, 6.45) is 0. The van der Waals surface area contributed by atoms with Gasteiger partial charge in [-0.3, -0.25) is 0 Å². The smallest absolute Gasteiger partial charge is 0.337 e. The molecule has 8 nitrogen and oxygen atoms in total. The maximum Gasteiger partial charge on any atom is 0.337 e. The Balaban J connectivity index is 2.23. The van der Waals surface area contributed by atoms with Gasteiger partial charge in [-0.2, -0.15) is 4.98 Å². The lowest BCUT2D eigenvalue weighted by Crippen LogP contribution is -2.14. The number of anilines is 1. The van der Waals surface area contributed by atoms with Crippen LogP contribution in [-0.2, 0) is 10.0 Å². The van der Waals surface area contributed by atoms with Gasteiger partial charge in [-0.1, -0.05) is 11.6 Å². The summed E-state index contributed by atoms with van der Waals surface area (Å²) in [5.74, 6) is 0.333. The first-order valence-electron chi connectivity index (χ1n) is 5.88. The minimum Gasteiger partial charge on any atom is -0.495 e. The lowest BCUT2D eigenvalue weighted by atomic mass is 10.3. The molecule has 1 aromatic heterocycles. The zero-order chi connectivity index (χ0) is 15.5. The Hall–Kier alpha value is -2.00. The average Bonchev–Trinajstić information content (AvgIpc) is 2.85. The van der Waals surface area contributed by atoms with Gasteiger partial charge in [-0.05, 0) is 25.1 Å². The first-order valence-corrected chi connectivity index (χ1v) is 7.74. The molecule has 2 aromatic rings. The van der Waals surface area contributed by atoms with Crippen LogP contribution < -0.4 is 14.2 Å². The molecule has 0 saturated heterocycles. The number of rotatable bonds is 6. The molecule has 114 valence electrons. The summed E-state index contributed by atoms with van der Waals surface area (Å²) < 4.78 is 36.6. The first-order chi connectivity index (χ1) is 9.96. The first kappa shape index (κ1) is 15.4. The van der Waals surface area contributed by atoms with Crippen LogP contribution in [0.5, 0.6) is 11.8 Å². The lowest BCUT2D eigenvalue weighted by Gasteiger charge is -2.07. The summed E-state index contributed by atoms with van der Waals surface area (Å²) in [7, 11) is -2.40. The molecule has 0 bridgehead atoms. The fourth-order valence-corrected chi connectivity index (χ4v) is 2.79. The van der Waals surface area contributed by atoms with Crippen LogP contribution >= 0.6 is 11.6 Å². The van der Waals surface area contributed by atoms with Crippen molar-refractivity contribution in [3.05, 3.63) is 23.2 Å². The van der Waals surface area contributed by atoms with E-state index in [1.807, 2.05) is 0 Å². The van der Waals surface area contributed by atoms with E-state index in [9.17, 15) is 8.42 Å². The molecule has 2 rings (SSSR count). The number of methoxy groups -OCH3 is 1. The molecule has 0 aliphatic rings. The number of ether oxygens (including phenoxy) is 2. The van der Waals surface area contributed by atoms with Crippen LogP contribution in [0.4, 0.5) is 5.95 Å². The number of H-pyrrole nitrogens is 1. The van der Waals surface area contributed by atoms with Crippen LogP contribution in [0.2, 0.25) is 5.02 Å². The predicted octanol–water partition coefficient (Wildman–Crippen LogP) is 1.67. The van der Waals surface area contributed by atoms with Crippen molar-refractivity contribution in [2.24, 2.45) is 0 Å². The maximum absolute atomic E-state index is 12.2. The van der Waals surface area contributed by atoms with E-state index < -0.39 is 10.0 Å². The summed E-state index contributed by atoms with van der Waals surface area (Å²) in [6, 6.07) is 4.17. The molecule has 0 spiro atoms. The molecule has 10 heteroatoms. The van der Waals surface area contributed by atoms with Gasteiger partial charge >= 0.3 is 6.01 Å². The molecule has 0 fully saturated rings. The number of hydrogen-bond donors (Lipinski definition) is 2. The van der Waals surface area contributed by atoms with Gasteiger partial charge in [0.2, 0.25) is 5.95 Å². The Labute approximate surface area is 126 Å². The number of hydrogen-bond acceptors (Lipinski definition) is 6. The van der Waals surface area contributed by atoms with E-state index in [1.165, 1.54) is 25.3 Å². The van der Waals surface area contributed by atoms with Crippen molar-refractivity contribution in [2.75, 3.05) is 18.4 Å². The second kappa shape index (κ2) is 6.19. The number of benzene rings is 1. The summed E-state index contributed by atoms with van der Waals surface area (Å²) in [5, 5.41) is 6.30. The summed E-state index contributed by atoms with van der Waals surface area (Å²) in [5.41, 5.74) is 0. The van der Waals surface area contributed by atoms with Crippen molar-refractivity contribution in [1.82, 2.24) is 15.2 Å². The molecular formula is C11H13ClN4O4S. The van der Waals surface area contributed by atoms with Crippen LogP contribution in [0.15, 0.2) is 23.1 Å². The molecule has 1 aromatic carbocycles. The third-order valence-electron chi connectivity index (χ3n) is 2.40. The monoisotopic (exact) mass is 332 g/mol. The average molecular weight is 333 g/mol. The number of nitrogens with zero attached hydrogens (tertiary/aromatic N) is 2. The molecular weight excluding hydrogens is 320 g/mol. The SMILES string of the molecule is CCOc1n[nH]c(NS(=O)(=O)c2ccc(OC)c(Cl)c2)n1. The van der Waals surface area contributed by atoms with E-state index >= 15 is 0 Å². The fourth-order valence-electron chi connectivity index (χ4n) is 1.49. The van der Waals surface area contributed by atoms with Gasteiger partial charge in [-0.15, -0.1) is 5.10 Å². The molecule has 0 radical (unpaired) electrons. The van der Waals surface area contributed by atoms with Gasteiger partial charge in [0, 0.05) is 0 Å². The van der Waals surface area contributed by atoms with Gasteiger partial charge in [0.15, 0.2) is 0 Å². The number of aromatic amines is 1. The third-order valence-corrected chi connectivity index (χ3v) is 4.03. The summed E-state index contributed by atoms with van der Waals surface area (Å²) >= 11 is 5.91. The quantitative estimate of drug-likeness (QED) is 0.833. The van der Waals surface area contributed by atoms with Crippen molar-refractivity contribution in [2.45, 2.75) is 11.8 Å². The molecule has 0 aliphatic heterocycles. The Bertz CT molecular complexity index is 732. The largest absolute Gasteiger partial charge is 0.495 e. The van der Waals surface area contributed by atoms with Crippen molar-refractivity contribution in [3.8, 4) is 11.8 Å². The molecule has 0 unspecified atom stereocenters. The molecule has 0 atom stereocenters. The van der Waals surface area contributed by atoms with Crippen LogP contribution in [-0.4, -0.2) is 37.3 Å². The van der Waals surface area contributed by atoms with Gasteiger partial charge < -0.3 is 9.47 Å². The van der Waals surface area contributed by atoms with Crippen molar-refractivity contribution in [1.29, 1.82) is 0 Å². The standard InChI is InChI=1S/C11H13ClN4O4S/c1-3-20-11-13-10(14-15-11)16-21(17,18)7-4-5-9(19-2)8(12)6-7/h4-6H,3H2,1-2H3,(H2,13,14,15,16). The molecule has 0 aliphatic carbocycles. The minimum atomic E-state index is -3.84.